The number of nitrogens with one attached hydrogen (secondary N) is 1. The Hall–Kier alpha value is -1.51. The van der Waals surface area contributed by atoms with E-state index >= 15 is 0 Å². The van der Waals surface area contributed by atoms with Crippen molar-refractivity contribution >= 4 is 15.7 Å². The number of sulfonamides is 1. The molecule has 0 saturated heterocycles. The standard InChI is InChI=1S/C11H16N2O5S/c1-8-4-5-10(13(14)15)6-11(8)19(16,17)12-9(2)7-18-3/h4-6,9,12H,7H2,1-3H3. The third-order valence-corrected chi connectivity index (χ3v) is 4.18. The highest BCUT2D eigenvalue weighted by molar-refractivity contribution is 7.89. The number of nitro groups is 1. The van der Waals surface area contributed by atoms with Gasteiger partial charge in [0.05, 0.1) is 16.4 Å². The third-order valence-electron chi connectivity index (χ3n) is 2.45. The molecule has 1 aromatic rings. The minimum atomic E-state index is -3.80. The van der Waals surface area contributed by atoms with Crippen molar-refractivity contribution < 1.29 is 18.1 Å². The van der Waals surface area contributed by atoms with Crippen molar-refractivity contribution in [2.24, 2.45) is 0 Å². The molecule has 0 aliphatic rings. The number of aryl methyl sites for hydroxylation is 1. The van der Waals surface area contributed by atoms with Crippen LogP contribution in [0.5, 0.6) is 0 Å². The van der Waals surface area contributed by atoms with E-state index < -0.39 is 21.0 Å². The van der Waals surface area contributed by atoms with Crippen LogP contribution >= 0.6 is 0 Å². The predicted octanol–water partition coefficient (Wildman–Crippen LogP) is 1.22. The summed E-state index contributed by atoms with van der Waals surface area (Å²) in [6, 6.07) is 3.31. The molecule has 19 heavy (non-hydrogen) atoms. The molecule has 8 heteroatoms. The van der Waals surface area contributed by atoms with E-state index in [1.807, 2.05) is 0 Å². The summed E-state index contributed by atoms with van der Waals surface area (Å²) in [5.41, 5.74) is 0.188. The second kappa shape index (κ2) is 6.09. The molecule has 1 atom stereocenters. The molecule has 1 N–H and O–H groups in total. The average Bonchev–Trinajstić information content (AvgIpc) is 2.28. The van der Waals surface area contributed by atoms with Crippen LogP contribution < -0.4 is 4.72 Å². The molecule has 0 bridgehead atoms. The molecule has 106 valence electrons. The summed E-state index contributed by atoms with van der Waals surface area (Å²) in [6.45, 7) is 3.44. The van der Waals surface area contributed by atoms with E-state index in [2.05, 4.69) is 4.72 Å². The van der Waals surface area contributed by atoms with Crippen LogP contribution in [0.1, 0.15) is 12.5 Å². The van der Waals surface area contributed by atoms with Gasteiger partial charge in [0.2, 0.25) is 10.0 Å². The first-order chi connectivity index (χ1) is 8.77. The molecule has 1 unspecified atom stereocenters. The van der Waals surface area contributed by atoms with Gasteiger partial charge in [-0.2, -0.15) is 0 Å². The quantitative estimate of drug-likeness (QED) is 0.626. The fraction of sp³-hybridized carbons (Fsp3) is 0.455. The van der Waals surface area contributed by atoms with Crippen LogP contribution in [0, 0.1) is 17.0 Å². The Morgan fingerprint density at radius 3 is 2.63 bits per heavy atom. The first-order valence-electron chi connectivity index (χ1n) is 5.54. The maximum atomic E-state index is 12.1. The monoisotopic (exact) mass is 288 g/mol. The summed E-state index contributed by atoms with van der Waals surface area (Å²) in [5.74, 6) is 0. The highest BCUT2D eigenvalue weighted by Gasteiger charge is 2.22. The van der Waals surface area contributed by atoms with Crippen molar-refractivity contribution in [1.29, 1.82) is 0 Å². The fourth-order valence-corrected chi connectivity index (χ4v) is 3.10. The van der Waals surface area contributed by atoms with E-state index in [0.717, 1.165) is 6.07 Å². The molecule has 0 saturated carbocycles. The third kappa shape index (κ3) is 3.98. The molecule has 0 amide bonds. The number of nitro benzene ring substituents is 1. The smallest absolute Gasteiger partial charge is 0.270 e. The second-order valence-corrected chi connectivity index (χ2v) is 5.87. The van der Waals surface area contributed by atoms with Gasteiger partial charge in [0.15, 0.2) is 0 Å². The largest absolute Gasteiger partial charge is 0.383 e. The number of methoxy groups -OCH3 is 1. The van der Waals surface area contributed by atoms with Crippen LogP contribution in [0.4, 0.5) is 5.69 Å². The van der Waals surface area contributed by atoms with Gasteiger partial charge in [-0.05, 0) is 19.4 Å². The minimum Gasteiger partial charge on any atom is -0.383 e. The van der Waals surface area contributed by atoms with E-state index in [4.69, 9.17) is 4.74 Å². The van der Waals surface area contributed by atoms with Crippen LogP contribution in [-0.4, -0.2) is 33.1 Å². The highest BCUT2D eigenvalue weighted by Crippen LogP contribution is 2.21. The Morgan fingerprint density at radius 1 is 1.47 bits per heavy atom. The lowest BCUT2D eigenvalue weighted by molar-refractivity contribution is -0.385. The predicted molar refractivity (Wildman–Crippen MR) is 69.5 cm³/mol. The molecule has 0 aliphatic carbocycles. The Kier molecular flexibility index (Phi) is 4.98. The second-order valence-electron chi connectivity index (χ2n) is 4.18. The zero-order valence-corrected chi connectivity index (χ0v) is 11.7. The van der Waals surface area contributed by atoms with Crippen molar-refractivity contribution in [3.8, 4) is 0 Å². The summed E-state index contributed by atoms with van der Waals surface area (Å²) in [7, 11) is -2.34. The topological polar surface area (TPSA) is 98.5 Å². The summed E-state index contributed by atoms with van der Waals surface area (Å²) in [6.07, 6.45) is 0. The van der Waals surface area contributed by atoms with Crippen LogP contribution in [0.25, 0.3) is 0 Å². The Labute approximate surface area is 111 Å². The molecule has 0 aromatic heterocycles. The maximum Gasteiger partial charge on any atom is 0.270 e. The maximum absolute atomic E-state index is 12.1. The molecular weight excluding hydrogens is 272 g/mol. The van der Waals surface area contributed by atoms with Crippen LogP contribution in [0.2, 0.25) is 0 Å². The zero-order valence-electron chi connectivity index (χ0n) is 10.9. The fourth-order valence-electron chi connectivity index (χ4n) is 1.60. The number of hydrogen-bond donors (Lipinski definition) is 1. The van der Waals surface area contributed by atoms with Gasteiger partial charge in [-0.15, -0.1) is 0 Å². The van der Waals surface area contributed by atoms with Crippen molar-refractivity contribution in [1.82, 2.24) is 4.72 Å². The molecule has 7 nitrogen and oxygen atoms in total. The molecule has 0 radical (unpaired) electrons. The van der Waals surface area contributed by atoms with Gasteiger partial charge in [0.1, 0.15) is 0 Å². The van der Waals surface area contributed by atoms with Gasteiger partial charge in [-0.25, -0.2) is 13.1 Å². The molecule has 0 aliphatic heterocycles. The lowest BCUT2D eigenvalue weighted by atomic mass is 10.2. The van der Waals surface area contributed by atoms with Gasteiger partial charge in [0.25, 0.3) is 5.69 Å². The number of benzene rings is 1. The van der Waals surface area contributed by atoms with Crippen molar-refractivity contribution in [2.45, 2.75) is 24.8 Å². The first kappa shape index (κ1) is 15.5. The molecule has 0 fully saturated rings. The van der Waals surface area contributed by atoms with Crippen molar-refractivity contribution in [2.75, 3.05) is 13.7 Å². The Morgan fingerprint density at radius 2 is 2.11 bits per heavy atom. The Balaban J connectivity index is 3.13. The summed E-state index contributed by atoms with van der Waals surface area (Å²) in [5, 5.41) is 10.7. The van der Waals surface area contributed by atoms with Gasteiger partial charge < -0.3 is 4.74 Å². The number of hydrogen-bond acceptors (Lipinski definition) is 5. The van der Waals surface area contributed by atoms with E-state index in [0.29, 0.717) is 5.56 Å². The average molecular weight is 288 g/mol. The molecular formula is C11H16N2O5S. The normalized spacial score (nSPS) is 13.2. The Bertz CT molecular complexity index is 570. The number of nitrogens with zero attached hydrogens (tertiary/aromatic N) is 1. The lowest BCUT2D eigenvalue weighted by Gasteiger charge is -2.14. The number of non-ortho nitro benzene ring substituents is 1. The summed E-state index contributed by atoms with van der Waals surface area (Å²) < 4.78 is 31.5. The van der Waals surface area contributed by atoms with Crippen LogP contribution in [0.15, 0.2) is 23.1 Å². The van der Waals surface area contributed by atoms with Crippen molar-refractivity contribution in [3.63, 3.8) is 0 Å². The van der Waals surface area contributed by atoms with E-state index in [-0.39, 0.29) is 17.2 Å². The minimum absolute atomic E-state index is 0.0929. The van der Waals surface area contributed by atoms with E-state index in [1.54, 1.807) is 13.8 Å². The molecule has 0 heterocycles. The lowest BCUT2D eigenvalue weighted by Crippen LogP contribution is -2.35. The zero-order chi connectivity index (χ0) is 14.6. The van der Waals surface area contributed by atoms with Gasteiger partial charge in [0, 0.05) is 25.3 Å². The molecule has 1 rings (SSSR count). The summed E-state index contributed by atoms with van der Waals surface area (Å²) >= 11 is 0. The SMILES string of the molecule is COCC(C)NS(=O)(=O)c1cc([N+](=O)[O-])ccc1C. The number of ether oxygens (including phenoxy) is 1. The molecule has 1 aromatic carbocycles. The van der Waals surface area contributed by atoms with Gasteiger partial charge >= 0.3 is 0 Å². The van der Waals surface area contributed by atoms with Gasteiger partial charge in [-0.1, -0.05) is 6.07 Å². The van der Waals surface area contributed by atoms with Crippen LogP contribution in [-0.2, 0) is 14.8 Å². The van der Waals surface area contributed by atoms with Crippen molar-refractivity contribution in [3.05, 3.63) is 33.9 Å². The first-order valence-corrected chi connectivity index (χ1v) is 7.02. The number of rotatable bonds is 6. The van der Waals surface area contributed by atoms with Gasteiger partial charge in [-0.3, -0.25) is 10.1 Å². The van der Waals surface area contributed by atoms with E-state index in [1.165, 1.54) is 19.2 Å². The molecule has 0 spiro atoms. The van der Waals surface area contributed by atoms with E-state index in [9.17, 15) is 18.5 Å². The summed E-state index contributed by atoms with van der Waals surface area (Å²) in [4.78, 5) is 9.97. The highest BCUT2D eigenvalue weighted by atomic mass is 32.2. The van der Waals surface area contributed by atoms with Crippen LogP contribution in [0.3, 0.4) is 0 Å².